The molecule has 12 nitrogen and oxygen atoms in total. The number of rotatable bonds is 4. The first-order valence-electron chi connectivity index (χ1n) is 11.8. The van der Waals surface area contributed by atoms with Crippen LogP contribution in [0.4, 0.5) is 5.69 Å². The van der Waals surface area contributed by atoms with Crippen LogP contribution in [0, 0.1) is 0 Å². The maximum atomic E-state index is 13.1. The van der Waals surface area contributed by atoms with Crippen LogP contribution < -0.4 is 10.9 Å². The van der Waals surface area contributed by atoms with Crippen LogP contribution in [0.1, 0.15) is 11.3 Å². The molecule has 1 aliphatic rings. The molecule has 0 saturated heterocycles. The summed E-state index contributed by atoms with van der Waals surface area (Å²) in [5.74, 6) is -0.137. The number of anilines is 1. The number of hydrogen-bond donors (Lipinski definition) is 2. The van der Waals surface area contributed by atoms with E-state index in [2.05, 4.69) is 35.5 Å². The van der Waals surface area contributed by atoms with E-state index in [1.165, 1.54) is 17.0 Å². The van der Waals surface area contributed by atoms with Crippen molar-refractivity contribution < 1.29 is 4.79 Å². The quantitative estimate of drug-likeness (QED) is 0.367. The summed E-state index contributed by atoms with van der Waals surface area (Å²) in [5, 5.41) is 16.6. The van der Waals surface area contributed by atoms with Gasteiger partial charge in [0, 0.05) is 62.8 Å². The molecule has 37 heavy (non-hydrogen) atoms. The number of carbonyl (C=O) groups is 1. The second kappa shape index (κ2) is 8.08. The van der Waals surface area contributed by atoms with Crippen molar-refractivity contribution in [2.24, 2.45) is 14.1 Å². The van der Waals surface area contributed by atoms with Crippen LogP contribution in [0.5, 0.6) is 0 Å². The van der Waals surface area contributed by atoms with Gasteiger partial charge in [0.25, 0.3) is 5.56 Å². The van der Waals surface area contributed by atoms with Crippen LogP contribution in [-0.4, -0.2) is 63.0 Å². The van der Waals surface area contributed by atoms with Gasteiger partial charge in [-0.3, -0.25) is 28.8 Å². The Labute approximate surface area is 213 Å². The van der Waals surface area contributed by atoms with Gasteiger partial charge in [-0.1, -0.05) is 0 Å². The molecule has 0 aliphatic carbocycles. The largest absolute Gasteiger partial charge is 0.324 e. The van der Waals surface area contributed by atoms with Gasteiger partial charge in [0.15, 0.2) is 0 Å². The molecule has 0 radical (unpaired) electrons. The number of fused-ring (bicyclic) bond motifs is 6. The minimum atomic E-state index is -0.247. The molecule has 0 aromatic carbocycles. The standard InChI is InChI=1S/C24H22N10O2S/c1-31-9-14(7-26-31)18-11-34-24(37-18)20-22(30-34)21-16(29-23(20)36)5-15(8-25-21)28-19(35)12-33-4-3-17-13(10-33)6-27-32(17)2/h5-9,11H,3-4,10,12H2,1-2H3,(H,28,35)(H,29,36). The second-order valence-electron chi connectivity index (χ2n) is 9.29. The normalized spacial score (nSPS) is 14.1. The van der Waals surface area contributed by atoms with Crippen molar-refractivity contribution in [1.29, 1.82) is 0 Å². The molecule has 0 atom stereocenters. The molecule has 0 spiro atoms. The zero-order valence-electron chi connectivity index (χ0n) is 20.1. The van der Waals surface area contributed by atoms with E-state index in [4.69, 9.17) is 0 Å². The topological polar surface area (TPSA) is 131 Å². The van der Waals surface area contributed by atoms with E-state index in [0.717, 1.165) is 33.8 Å². The van der Waals surface area contributed by atoms with Gasteiger partial charge in [0.05, 0.1) is 41.2 Å². The third kappa shape index (κ3) is 3.62. The number of pyridine rings is 2. The Balaban J connectivity index is 1.15. The summed E-state index contributed by atoms with van der Waals surface area (Å²) < 4.78 is 5.35. The fraction of sp³-hybridized carbons (Fsp3) is 0.250. The van der Waals surface area contributed by atoms with E-state index in [-0.39, 0.29) is 18.0 Å². The average Bonchev–Trinajstić information content (AvgIpc) is 3.62. The van der Waals surface area contributed by atoms with E-state index < -0.39 is 0 Å². The van der Waals surface area contributed by atoms with E-state index in [0.29, 0.717) is 34.2 Å². The van der Waals surface area contributed by atoms with E-state index >= 15 is 0 Å². The molecule has 0 unspecified atom stereocenters. The van der Waals surface area contributed by atoms with E-state index in [9.17, 15) is 9.59 Å². The van der Waals surface area contributed by atoms with Crippen LogP contribution in [0.2, 0.25) is 0 Å². The number of H-pyrrole nitrogens is 1. The lowest BCUT2D eigenvalue weighted by Crippen LogP contribution is -2.37. The maximum absolute atomic E-state index is 13.1. The van der Waals surface area contributed by atoms with Gasteiger partial charge >= 0.3 is 0 Å². The van der Waals surface area contributed by atoms with Gasteiger partial charge in [-0.2, -0.15) is 15.3 Å². The minimum Gasteiger partial charge on any atom is -0.324 e. The highest BCUT2D eigenvalue weighted by molar-refractivity contribution is 7.21. The molecule has 1 amide bonds. The minimum absolute atomic E-state index is 0.137. The highest BCUT2D eigenvalue weighted by Gasteiger charge is 2.22. The highest BCUT2D eigenvalue weighted by Crippen LogP contribution is 2.33. The van der Waals surface area contributed by atoms with Crippen molar-refractivity contribution in [2.45, 2.75) is 13.0 Å². The van der Waals surface area contributed by atoms with Crippen LogP contribution in [0.15, 0.2) is 41.8 Å². The molecule has 2 N–H and O–H groups in total. The number of thiazole rings is 1. The fourth-order valence-corrected chi connectivity index (χ4v) is 6.05. The van der Waals surface area contributed by atoms with Gasteiger partial charge in [-0.25, -0.2) is 4.52 Å². The Kier molecular flexibility index (Phi) is 4.78. The number of aromatic nitrogens is 8. The lowest BCUT2D eigenvalue weighted by molar-refractivity contribution is -0.117. The number of hydrogen-bond acceptors (Lipinski definition) is 8. The summed E-state index contributed by atoms with van der Waals surface area (Å²) in [6.45, 7) is 1.75. The van der Waals surface area contributed by atoms with Gasteiger partial charge in [-0.05, 0) is 6.07 Å². The number of nitrogens with zero attached hydrogens (tertiary/aromatic N) is 8. The van der Waals surface area contributed by atoms with Crippen molar-refractivity contribution in [3.8, 4) is 10.4 Å². The van der Waals surface area contributed by atoms with Crippen LogP contribution >= 0.6 is 11.3 Å². The highest BCUT2D eigenvalue weighted by atomic mass is 32.1. The average molecular weight is 515 g/mol. The Bertz CT molecular complexity index is 1910. The molecule has 7 rings (SSSR count). The molecule has 0 saturated carbocycles. The van der Waals surface area contributed by atoms with Gasteiger partial charge in [0.1, 0.15) is 21.3 Å². The SMILES string of the molecule is Cn1cc(-c2cn3nc4c5ncc(NC(=O)CN6CCc7c(cnn7C)C6)cc5[nH]c(=O)c4c3s2)cn1. The first kappa shape index (κ1) is 21.9. The first-order chi connectivity index (χ1) is 17.9. The summed E-state index contributed by atoms with van der Waals surface area (Å²) >= 11 is 1.48. The van der Waals surface area contributed by atoms with Crippen LogP contribution in [0.3, 0.4) is 0 Å². The van der Waals surface area contributed by atoms with Crippen molar-refractivity contribution in [3.63, 3.8) is 0 Å². The molecule has 0 fully saturated rings. The molecule has 186 valence electrons. The summed E-state index contributed by atoms with van der Waals surface area (Å²) in [7, 11) is 3.81. The zero-order chi connectivity index (χ0) is 25.3. The summed E-state index contributed by atoms with van der Waals surface area (Å²) in [6, 6.07) is 1.73. The third-order valence-corrected chi connectivity index (χ3v) is 7.89. The predicted molar refractivity (Wildman–Crippen MR) is 140 cm³/mol. The molecule has 1 aliphatic heterocycles. The Morgan fingerprint density at radius 2 is 2.05 bits per heavy atom. The summed E-state index contributed by atoms with van der Waals surface area (Å²) in [5.41, 5.74) is 5.24. The number of carbonyl (C=O) groups excluding carboxylic acids is 1. The summed E-state index contributed by atoms with van der Waals surface area (Å²) in [4.78, 5) is 37.1. The van der Waals surface area contributed by atoms with Crippen LogP contribution in [-0.2, 0) is 31.9 Å². The number of amides is 1. The lowest BCUT2D eigenvalue weighted by Gasteiger charge is -2.26. The van der Waals surface area contributed by atoms with Crippen molar-refractivity contribution in [2.75, 3.05) is 18.4 Å². The van der Waals surface area contributed by atoms with Crippen LogP contribution in [0.25, 0.3) is 37.2 Å². The predicted octanol–water partition coefficient (Wildman–Crippen LogP) is 1.92. The molecule has 6 aromatic rings. The molecule has 7 heterocycles. The maximum Gasteiger partial charge on any atom is 0.261 e. The van der Waals surface area contributed by atoms with Gasteiger partial charge in [0.2, 0.25) is 5.91 Å². The Morgan fingerprint density at radius 1 is 1.16 bits per heavy atom. The monoisotopic (exact) mass is 514 g/mol. The number of nitrogens with one attached hydrogen (secondary N) is 2. The Hall–Kier alpha value is -4.36. The molecule has 6 aromatic heterocycles. The van der Waals surface area contributed by atoms with Crippen molar-refractivity contribution in [3.05, 3.63) is 58.7 Å². The van der Waals surface area contributed by atoms with Gasteiger partial charge < -0.3 is 10.3 Å². The first-order valence-corrected chi connectivity index (χ1v) is 12.6. The third-order valence-electron chi connectivity index (χ3n) is 6.75. The fourth-order valence-electron chi connectivity index (χ4n) is 4.99. The lowest BCUT2D eigenvalue weighted by atomic mass is 10.1. The van der Waals surface area contributed by atoms with E-state index in [1.54, 1.807) is 27.7 Å². The Morgan fingerprint density at radius 3 is 2.89 bits per heavy atom. The number of aryl methyl sites for hydroxylation is 2. The molecular weight excluding hydrogens is 492 g/mol. The van der Waals surface area contributed by atoms with Gasteiger partial charge in [-0.15, -0.1) is 11.3 Å². The molecule has 13 heteroatoms. The van der Waals surface area contributed by atoms with Crippen molar-refractivity contribution in [1.82, 2.24) is 44.0 Å². The molecular formula is C24H22N10O2S. The van der Waals surface area contributed by atoms with E-state index in [1.807, 2.05) is 37.4 Å². The smallest absolute Gasteiger partial charge is 0.261 e. The number of aromatic amines is 1. The second-order valence-corrected chi connectivity index (χ2v) is 10.3. The zero-order valence-corrected chi connectivity index (χ0v) is 20.9. The van der Waals surface area contributed by atoms with Crippen molar-refractivity contribution >= 4 is 49.7 Å². The molecule has 0 bridgehead atoms. The summed E-state index contributed by atoms with van der Waals surface area (Å²) in [6.07, 6.45) is 9.93.